The number of furan rings is 1. The van der Waals surface area contributed by atoms with Crippen LogP contribution < -0.4 is 0 Å². The van der Waals surface area contributed by atoms with Gasteiger partial charge in [-0.15, -0.1) is 0 Å². The maximum atomic E-state index is 12.6. The van der Waals surface area contributed by atoms with E-state index >= 15 is 0 Å². The highest BCUT2D eigenvalue weighted by molar-refractivity contribution is 9.10. The Bertz CT molecular complexity index is 640. The van der Waals surface area contributed by atoms with Crippen molar-refractivity contribution >= 4 is 31.9 Å². The molecule has 2 heterocycles. The molecule has 1 aromatic heterocycles. The van der Waals surface area contributed by atoms with Crippen LogP contribution in [-0.2, 0) is 14.8 Å². The highest BCUT2D eigenvalue weighted by Crippen LogP contribution is 2.31. The van der Waals surface area contributed by atoms with Gasteiger partial charge < -0.3 is 14.3 Å². The Labute approximate surface area is 131 Å². The van der Waals surface area contributed by atoms with Gasteiger partial charge in [-0.05, 0) is 28.3 Å². The Morgan fingerprint density at radius 2 is 2.24 bits per heavy atom. The van der Waals surface area contributed by atoms with Crippen molar-refractivity contribution in [2.24, 2.45) is 5.92 Å². The number of carboxylic acids is 1. The van der Waals surface area contributed by atoms with Crippen molar-refractivity contribution in [1.82, 2.24) is 4.31 Å². The number of methoxy groups -OCH3 is 1. The van der Waals surface area contributed by atoms with Crippen LogP contribution in [0, 0.1) is 5.92 Å². The molecule has 0 spiro atoms. The molecule has 1 fully saturated rings. The van der Waals surface area contributed by atoms with Crippen LogP contribution >= 0.6 is 15.9 Å². The summed E-state index contributed by atoms with van der Waals surface area (Å²) in [5, 5.41) is 8.87. The molecule has 9 heteroatoms. The van der Waals surface area contributed by atoms with Crippen molar-refractivity contribution in [3.8, 4) is 0 Å². The van der Waals surface area contributed by atoms with Crippen LogP contribution in [0.25, 0.3) is 0 Å². The molecule has 1 aliphatic heterocycles. The van der Waals surface area contributed by atoms with E-state index in [9.17, 15) is 13.2 Å². The number of piperidine rings is 1. The highest BCUT2D eigenvalue weighted by atomic mass is 79.9. The Morgan fingerprint density at radius 3 is 2.76 bits per heavy atom. The Kier molecular flexibility index (Phi) is 4.76. The molecule has 2 unspecified atom stereocenters. The summed E-state index contributed by atoms with van der Waals surface area (Å²) in [5.41, 5.74) is 0. The largest absolute Gasteiger partial charge is 0.475 e. The van der Waals surface area contributed by atoms with Gasteiger partial charge in [-0.25, -0.2) is 13.2 Å². The summed E-state index contributed by atoms with van der Waals surface area (Å²) in [7, 11) is -2.27. The second kappa shape index (κ2) is 6.07. The summed E-state index contributed by atoms with van der Waals surface area (Å²) in [4.78, 5) is 10.7. The van der Waals surface area contributed by atoms with Gasteiger partial charge in [0.05, 0.1) is 6.10 Å². The zero-order chi connectivity index (χ0) is 15.8. The molecule has 7 nitrogen and oxygen atoms in total. The average Bonchev–Trinajstić information content (AvgIpc) is 2.82. The molecule has 0 saturated carbocycles. The molecule has 1 N–H and O–H groups in total. The fourth-order valence-corrected chi connectivity index (χ4v) is 4.67. The maximum Gasteiger partial charge on any atom is 0.371 e. The van der Waals surface area contributed by atoms with E-state index in [4.69, 9.17) is 14.3 Å². The second-order valence-corrected chi connectivity index (χ2v) is 7.58. The second-order valence-electron chi connectivity index (χ2n) is 4.96. The summed E-state index contributed by atoms with van der Waals surface area (Å²) >= 11 is 2.96. The lowest BCUT2D eigenvalue weighted by Gasteiger charge is -2.35. The monoisotopic (exact) mass is 381 g/mol. The molecule has 21 heavy (non-hydrogen) atoms. The molecule has 0 radical (unpaired) electrons. The van der Waals surface area contributed by atoms with Crippen LogP contribution in [0.5, 0.6) is 0 Å². The predicted molar refractivity (Wildman–Crippen MR) is 76.7 cm³/mol. The number of nitrogens with zero attached hydrogens (tertiary/aromatic N) is 1. The lowest BCUT2D eigenvalue weighted by Crippen LogP contribution is -2.46. The summed E-state index contributed by atoms with van der Waals surface area (Å²) < 4.78 is 36.6. The van der Waals surface area contributed by atoms with Crippen LogP contribution in [0.2, 0.25) is 0 Å². The molecule has 0 amide bonds. The topological polar surface area (TPSA) is 97.0 Å². The van der Waals surface area contributed by atoms with Crippen LogP contribution in [0.3, 0.4) is 0 Å². The molecular formula is C12H16BrNO6S. The molecule has 1 aromatic rings. The van der Waals surface area contributed by atoms with Gasteiger partial charge in [-0.2, -0.15) is 4.31 Å². The van der Waals surface area contributed by atoms with E-state index in [1.54, 1.807) is 7.11 Å². The van der Waals surface area contributed by atoms with Crippen molar-refractivity contribution in [3.63, 3.8) is 0 Å². The molecule has 1 saturated heterocycles. The number of rotatable bonds is 4. The molecule has 2 rings (SSSR count). The first-order valence-corrected chi connectivity index (χ1v) is 8.56. The minimum atomic E-state index is -3.82. The van der Waals surface area contributed by atoms with Crippen molar-refractivity contribution in [2.45, 2.75) is 24.3 Å². The van der Waals surface area contributed by atoms with E-state index < -0.39 is 21.8 Å². The van der Waals surface area contributed by atoms with Crippen LogP contribution in [0.1, 0.15) is 23.9 Å². The zero-order valence-corrected chi connectivity index (χ0v) is 14.0. The number of ether oxygens (including phenoxy) is 1. The lowest BCUT2D eigenvalue weighted by atomic mass is 9.97. The van der Waals surface area contributed by atoms with Gasteiger partial charge in [-0.3, -0.25) is 0 Å². The van der Waals surface area contributed by atoms with E-state index in [0.29, 0.717) is 13.0 Å². The normalized spacial score (nSPS) is 24.1. The first kappa shape index (κ1) is 16.5. The minimum absolute atomic E-state index is 0.104. The van der Waals surface area contributed by atoms with Crippen LogP contribution in [0.4, 0.5) is 0 Å². The third-order valence-electron chi connectivity index (χ3n) is 3.64. The summed E-state index contributed by atoms with van der Waals surface area (Å²) in [6.45, 7) is 2.61. The first-order valence-electron chi connectivity index (χ1n) is 6.33. The fraction of sp³-hybridized carbons (Fsp3) is 0.583. The van der Waals surface area contributed by atoms with Gasteiger partial charge >= 0.3 is 5.97 Å². The number of hydrogen-bond acceptors (Lipinski definition) is 5. The SMILES string of the molecule is COC1CN(S(=O)(=O)c2cc(C(=O)O)oc2Br)CCC1C. The molecule has 0 bridgehead atoms. The molecule has 1 aliphatic rings. The third-order valence-corrected chi connectivity index (χ3v) is 6.36. The lowest BCUT2D eigenvalue weighted by molar-refractivity contribution is 0.0183. The number of carboxylic acid groups (broad SMARTS) is 1. The van der Waals surface area contributed by atoms with Gasteiger partial charge in [-0.1, -0.05) is 6.92 Å². The zero-order valence-electron chi connectivity index (χ0n) is 11.6. The van der Waals surface area contributed by atoms with Gasteiger partial charge in [0.15, 0.2) is 4.67 Å². The first-order chi connectivity index (χ1) is 9.77. The smallest absolute Gasteiger partial charge is 0.371 e. The highest BCUT2D eigenvalue weighted by Gasteiger charge is 2.36. The van der Waals surface area contributed by atoms with Gasteiger partial charge in [0.1, 0.15) is 4.90 Å². The molecule has 0 aliphatic carbocycles. The van der Waals surface area contributed by atoms with Gasteiger partial charge in [0.2, 0.25) is 15.8 Å². The number of sulfonamides is 1. The summed E-state index contributed by atoms with van der Waals surface area (Å²) in [5.74, 6) is -1.47. The third kappa shape index (κ3) is 3.15. The van der Waals surface area contributed by atoms with Crippen molar-refractivity contribution < 1.29 is 27.5 Å². The van der Waals surface area contributed by atoms with E-state index in [0.717, 1.165) is 6.07 Å². The van der Waals surface area contributed by atoms with E-state index in [1.807, 2.05) is 6.92 Å². The predicted octanol–water partition coefficient (Wildman–Crippen LogP) is 1.79. The Balaban J connectivity index is 2.32. The molecular weight excluding hydrogens is 366 g/mol. The van der Waals surface area contributed by atoms with Crippen LogP contribution in [-0.4, -0.2) is 50.1 Å². The average molecular weight is 382 g/mol. The Morgan fingerprint density at radius 1 is 1.57 bits per heavy atom. The molecule has 0 aromatic carbocycles. The minimum Gasteiger partial charge on any atom is -0.475 e. The number of halogens is 1. The van der Waals surface area contributed by atoms with E-state index in [-0.39, 0.29) is 28.1 Å². The number of carbonyl (C=O) groups is 1. The van der Waals surface area contributed by atoms with Gasteiger partial charge in [0, 0.05) is 26.3 Å². The van der Waals surface area contributed by atoms with Crippen molar-refractivity contribution in [3.05, 3.63) is 16.5 Å². The van der Waals surface area contributed by atoms with Crippen molar-refractivity contribution in [1.29, 1.82) is 0 Å². The fourth-order valence-electron chi connectivity index (χ4n) is 2.30. The maximum absolute atomic E-state index is 12.6. The summed E-state index contributed by atoms with van der Waals surface area (Å²) in [6, 6.07) is 1.02. The quantitative estimate of drug-likeness (QED) is 0.853. The standard InChI is InChI=1S/C12H16BrNO6S/c1-7-3-4-14(6-9(7)19-2)21(17,18)10-5-8(12(15)16)20-11(10)13/h5,7,9H,3-4,6H2,1-2H3,(H,15,16). The molecule has 118 valence electrons. The number of aromatic carboxylic acids is 1. The summed E-state index contributed by atoms with van der Waals surface area (Å²) in [6.07, 6.45) is 0.497. The van der Waals surface area contributed by atoms with Crippen molar-refractivity contribution in [2.75, 3.05) is 20.2 Å². The van der Waals surface area contributed by atoms with Crippen LogP contribution in [0.15, 0.2) is 20.0 Å². The van der Waals surface area contributed by atoms with E-state index in [1.165, 1.54) is 4.31 Å². The molecule has 2 atom stereocenters. The van der Waals surface area contributed by atoms with Gasteiger partial charge in [0.25, 0.3) is 0 Å². The van der Waals surface area contributed by atoms with E-state index in [2.05, 4.69) is 15.9 Å². The number of hydrogen-bond donors (Lipinski definition) is 1. The Hall–Kier alpha value is -0.900.